The van der Waals surface area contributed by atoms with Crippen LogP contribution in [-0.4, -0.2) is 36.5 Å². The smallest absolute Gasteiger partial charge is 0.238 e. The van der Waals surface area contributed by atoms with Gasteiger partial charge in [0.05, 0.1) is 6.54 Å². The number of benzene rings is 1. The highest BCUT2D eigenvalue weighted by Gasteiger charge is 2.23. The number of anilines is 1. The molecule has 1 aliphatic heterocycles. The first kappa shape index (κ1) is 15.0. The van der Waals surface area contributed by atoms with Crippen molar-refractivity contribution in [1.82, 2.24) is 4.90 Å². The average Bonchev–Trinajstić information content (AvgIpc) is 2.44. The first-order valence-electron chi connectivity index (χ1n) is 7.42. The molecule has 3 N–H and O–H groups in total. The van der Waals surface area contributed by atoms with E-state index in [9.17, 15) is 4.79 Å². The van der Waals surface area contributed by atoms with Crippen molar-refractivity contribution in [2.75, 3.05) is 25.0 Å². The van der Waals surface area contributed by atoms with E-state index in [0.717, 1.165) is 36.2 Å². The SMILES string of the molecule is Cc1cccc(C)c1NC(=O)CN1CCCCC1CN. The molecule has 0 bridgehead atoms. The number of nitrogens with zero attached hydrogens (tertiary/aromatic N) is 1. The standard InChI is InChI=1S/C16H25N3O/c1-12-6-5-7-13(2)16(12)18-15(20)11-19-9-4-3-8-14(19)10-17/h5-7,14H,3-4,8-11,17H2,1-2H3,(H,18,20). The predicted octanol–water partition coefficient (Wildman–Crippen LogP) is 2.06. The molecular weight excluding hydrogens is 250 g/mol. The number of rotatable bonds is 4. The summed E-state index contributed by atoms with van der Waals surface area (Å²) in [5, 5.41) is 3.05. The largest absolute Gasteiger partial charge is 0.329 e. The Morgan fingerprint density at radius 3 is 2.70 bits per heavy atom. The van der Waals surface area contributed by atoms with Gasteiger partial charge < -0.3 is 11.1 Å². The summed E-state index contributed by atoms with van der Waals surface area (Å²) in [6.45, 7) is 6.09. The van der Waals surface area contributed by atoms with E-state index in [1.54, 1.807) is 0 Å². The Kier molecular flexibility index (Phi) is 5.15. The highest BCUT2D eigenvalue weighted by atomic mass is 16.2. The van der Waals surface area contributed by atoms with Gasteiger partial charge in [0.1, 0.15) is 0 Å². The molecule has 1 aromatic carbocycles. The van der Waals surface area contributed by atoms with Gasteiger partial charge in [0, 0.05) is 18.3 Å². The lowest BCUT2D eigenvalue weighted by atomic mass is 10.0. The summed E-state index contributed by atoms with van der Waals surface area (Å²) in [6, 6.07) is 6.40. The summed E-state index contributed by atoms with van der Waals surface area (Å²) in [4.78, 5) is 14.5. The Morgan fingerprint density at radius 2 is 2.05 bits per heavy atom. The molecule has 0 saturated carbocycles. The first-order valence-corrected chi connectivity index (χ1v) is 7.42. The molecule has 1 heterocycles. The van der Waals surface area contributed by atoms with Gasteiger partial charge in [0.25, 0.3) is 0 Å². The van der Waals surface area contributed by atoms with Crippen molar-refractivity contribution in [3.63, 3.8) is 0 Å². The van der Waals surface area contributed by atoms with E-state index in [-0.39, 0.29) is 5.91 Å². The number of piperidine rings is 1. The molecule has 110 valence electrons. The fourth-order valence-electron chi connectivity index (χ4n) is 2.91. The van der Waals surface area contributed by atoms with E-state index in [1.807, 2.05) is 32.0 Å². The Bertz CT molecular complexity index is 453. The summed E-state index contributed by atoms with van der Waals surface area (Å²) in [5.41, 5.74) is 8.95. The summed E-state index contributed by atoms with van der Waals surface area (Å²) in [6.07, 6.45) is 3.48. The Balaban J connectivity index is 1.98. The lowest BCUT2D eigenvalue weighted by Crippen LogP contribution is -2.47. The van der Waals surface area contributed by atoms with Gasteiger partial charge in [0.2, 0.25) is 5.91 Å². The quantitative estimate of drug-likeness (QED) is 0.884. The number of nitrogens with two attached hydrogens (primary N) is 1. The minimum atomic E-state index is 0.0581. The maximum Gasteiger partial charge on any atom is 0.238 e. The average molecular weight is 275 g/mol. The van der Waals surface area contributed by atoms with Crippen molar-refractivity contribution in [3.05, 3.63) is 29.3 Å². The summed E-state index contributed by atoms with van der Waals surface area (Å²) in [5.74, 6) is 0.0581. The van der Waals surface area contributed by atoms with E-state index in [0.29, 0.717) is 19.1 Å². The van der Waals surface area contributed by atoms with Crippen LogP contribution in [0.25, 0.3) is 0 Å². The Hall–Kier alpha value is -1.39. The molecule has 4 heteroatoms. The monoisotopic (exact) mass is 275 g/mol. The summed E-state index contributed by atoms with van der Waals surface area (Å²) < 4.78 is 0. The van der Waals surface area contributed by atoms with Gasteiger partial charge in [-0.3, -0.25) is 9.69 Å². The zero-order valence-electron chi connectivity index (χ0n) is 12.5. The molecule has 0 radical (unpaired) electrons. The van der Waals surface area contributed by atoms with Crippen molar-refractivity contribution in [2.45, 2.75) is 39.2 Å². The molecule has 1 aromatic rings. The number of hydrogen-bond donors (Lipinski definition) is 2. The molecule has 1 fully saturated rings. The third-order valence-electron chi connectivity index (χ3n) is 4.11. The van der Waals surface area contributed by atoms with Gasteiger partial charge in [-0.2, -0.15) is 0 Å². The van der Waals surface area contributed by atoms with Gasteiger partial charge in [-0.05, 0) is 44.4 Å². The number of para-hydroxylation sites is 1. The fourth-order valence-corrected chi connectivity index (χ4v) is 2.91. The molecule has 1 amide bonds. The molecule has 1 saturated heterocycles. The van der Waals surface area contributed by atoms with Crippen LogP contribution in [0.1, 0.15) is 30.4 Å². The minimum Gasteiger partial charge on any atom is -0.329 e. The molecule has 1 aliphatic rings. The Labute approximate surface area is 121 Å². The van der Waals surface area contributed by atoms with E-state index < -0.39 is 0 Å². The third-order valence-corrected chi connectivity index (χ3v) is 4.11. The highest BCUT2D eigenvalue weighted by Crippen LogP contribution is 2.20. The molecule has 0 aliphatic carbocycles. The molecule has 4 nitrogen and oxygen atoms in total. The number of hydrogen-bond acceptors (Lipinski definition) is 3. The van der Waals surface area contributed by atoms with Crippen molar-refractivity contribution < 1.29 is 4.79 Å². The topological polar surface area (TPSA) is 58.4 Å². The third kappa shape index (κ3) is 3.58. The van der Waals surface area contributed by atoms with E-state index >= 15 is 0 Å². The van der Waals surface area contributed by atoms with Gasteiger partial charge >= 0.3 is 0 Å². The molecule has 0 aromatic heterocycles. The highest BCUT2D eigenvalue weighted by molar-refractivity contribution is 5.93. The van der Waals surface area contributed by atoms with Crippen molar-refractivity contribution in [2.24, 2.45) is 5.73 Å². The first-order chi connectivity index (χ1) is 9.61. The Morgan fingerprint density at radius 1 is 1.35 bits per heavy atom. The van der Waals surface area contributed by atoms with Crippen LogP contribution in [0, 0.1) is 13.8 Å². The number of nitrogens with one attached hydrogen (secondary N) is 1. The van der Waals surface area contributed by atoms with Crippen LogP contribution in [0.15, 0.2) is 18.2 Å². The molecule has 20 heavy (non-hydrogen) atoms. The molecule has 1 atom stereocenters. The van der Waals surface area contributed by atoms with Gasteiger partial charge in [-0.15, -0.1) is 0 Å². The van der Waals surface area contributed by atoms with E-state index in [2.05, 4.69) is 10.2 Å². The maximum atomic E-state index is 12.3. The van der Waals surface area contributed by atoms with E-state index in [4.69, 9.17) is 5.73 Å². The number of likely N-dealkylation sites (tertiary alicyclic amines) is 1. The van der Waals surface area contributed by atoms with Crippen LogP contribution >= 0.6 is 0 Å². The minimum absolute atomic E-state index is 0.0581. The van der Waals surface area contributed by atoms with E-state index in [1.165, 1.54) is 6.42 Å². The molecule has 0 spiro atoms. The van der Waals surface area contributed by atoms with Crippen LogP contribution in [0.4, 0.5) is 5.69 Å². The summed E-state index contributed by atoms with van der Waals surface area (Å²) >= 11 is 0. The molecule has 1 unspecified atom stereocenters. The number of amides is 1. The second-order valence-electron chi connectivity index (χ2n) is 5.67. The van der Waals surface area contributed by atoms with Gasteiger partial charge in [0.15, 0.2) is 0 Å². The normalized spacial score (nSPS) is 19.9. The van der Waals surface area contributed by atoms with Crippen LogP contribution in [0.2, 0.25) is 0 Å². The van der Waals surface area contributed by atoms with Gasteiger partial charge in [-0.1, -0.05) is 24.6 Å². The van der Waals surface area contributed by atoms with Crippen molar-refractivity contribution >= 4 is 11.6 Å². The molecular formula is C16H25N3O. The van der Waals surface area contributed by atoms with Crippen molar-refractivity contribution in [3.8, 4) is 0 Å². The van der Waals surface area contributed by atoms with Crippen LogP contribution in [0.5, 0.6) is 0 Å². The lowest BCUT2D eigenvalue weighted by Gasteiger charge is -2.34. The predicted molar refractivity (Wildman–Crippen MR) is 82.8 cm³/mol. The second-order valence-corrected chi connectivity index (χ2v) is 5.67. The second kappa shape index (κ2) is 6.86. The zero-order chi connectivity index (χ0) is 14.5. The fraction of sp³-hybridized carbons (Fsp3) is 0.562. The van der Waals surface area contributed by atoms with Crippen LogP contribution < -0.4 is 11.1 Å². The summed E-state index contributed by atoms with van der Waals surface area (Å²) in [7, 11) is 0. The van der Waals surface area contributed by atoms with Crippen molar-refractivity contribution in [1.29, 1.82) is 0 Å². The number of aryl methyl sites for hydroxylation is 2. The number of carbonyl (C=O) groups excluding carboxylic acids is 1. The maximum absolute atomic E-state index is 12.3. The van der Waals surface area contributed by atoms with Crippen LogP contribution in [-0.2, 0) is 4.79 Å². The molecule has 2 rings (SSSR count). The van der Waals surface area contributed by atoms with Crippen LogP contribution in [0.3, 0.4) is 0 Å². The van der Waals surface area contributed by atoms with Gasteiger partial charge in [-0.25, -0.2) is 0 Å². The number of carbonyl (C=O) groups is 1. The lowest BCUT2D eigenvalue weighted by molar-refractivity contribution is -0.118. The zero-order valence-corrected chi connectivity index (χ0v) is 12.5.